The van der Waals surface area contributed by atoms with Crippen LogP contribution in [-0.4, -0.2) is 30.4 Å². The zero-order valence-electron chi connectivity index (χ0n) is 15.5. The molecule has 0 fully saturated rings. The Morgan fingerprint density at radius 2 is 2.11 bits per heavy atom. The van der Waals surface area contributed by atoms with Crippen LogP contribution in [-0.2, 0) is 17.9 Å². The molecule has 1 amide bonds. The number of nitrogens with zero attached hydrogens (tertiary/aromatic N) is 4. The molecule has 0 aliphatic rings. The van der Waals surface area contributed by atoms with Crippen LogP contribution in [0.2, 0.25) is 5.02 Å². The third-order valence-electron chi connectivity index (χ3n) is 4.58. The molecule has 4 aromatic rings. The number of amides is 1. The van der Waals surface area contributed by atoms with Crippen LogP contribution in [0.25, 0.3) is 22.1 Å². The molecule has 3 aromatic heterocycles. The first kappa shape index (κ1) is 18.2. The highest BCUT2D eigenvalue weighted by atomic mass is 35.5. The topological polar surface area (TPSA) is 115 Å². The van der Waals surface area contributed by atoms with Gasteiger partial charge in [-0.25, -0.2) is 15.0 Å². The Labute approximate surface area is 166 Å². The highest BCUT2D eigenvalue weighted by molar-refractivity contribution is 6.31. The monoisotopic (exact) mass is 397 g/mol. The molecular weight excluding hydrogens is 378 g/mol. The fourth-order valence-corrected chi connectivity index (χ4v) is 3.39. The van der Waals surface area contributed by atoms with Crippen molar-refractivity contribution in [3.05, 3.63) is 47.1 Å². The molecule has 28 heavy (non-hydrogen) atoms. The smallest absolute Gasteiger partial charge is 0.222 e. The SMILES string of the molecule is CC(C)C(=O)NCc1cc2cc(Cl)cc(Cn3cnc4c(N)ncnc43)c2[nH]1. The van der Waals surface area contributed by atoms with Crippen molar-refractivity contribution in [2.45, 2.75) is 26.9 Å². The third-order valence-corrected chi connectivity index (χ3v) is 4.80. The van der Waals surface area contributed by atoms with Gasteiger partial charge in [0.1, 0.15) is 11.8 Å². The number of fused-ring (bicyclic) bond motifs is 2. The number of halogens is 1. The highest BCUT2D eigenvalue weighted by Gasteiger charge is 2.13. The van der Waals surface area contributed by atoms with Crippen LogP contribution >= 0.6 is 11.6 Å². The molecule has 3 heterocycles. The number of rotatable bonds is 5. The van der Waals surface area contributed by atoms with E-state index in [1.165, 1.54) is 6.33 Å². The Hall–Kier alpha value is -3.13. The number of H-pyrrole nitrogens is 1. The second-order valence-electron chi connectivity index (χ2n) is 7.00. The molecule has 9 heteroatoms. The number of nitrogen functional groups attached to an aromatic ring is 1. The Morgan fingerprint density at radius 1 is 1.29 bits per heavy atom. The van der Waals surface area contributed by atoms with Gasteiger partial charge in [-0.05, 0) is 23.8 Å². The predicted molar refractivity (Wildman–Crippen MR) is 109 cm³/mol. The number of carbonyl (C=O) groups excluding carboxylic acids is 1. The molecule has 0 radical (unpaired) electrons. The summed E-state index contributed by atoms with van der Waals surface area (Å²) >= 11 is 6.33. The minimum absolute atomic E-state index is 0.0130. The van der Waals surface area contributed by atoms with Crippen molar-refractivity contribution in [2.24, 2.45) is 5.92 Å². The highest BCUT2D eigenvalue weighted by Crippen LogP contribution is 2.26. The summed E-state index contributed by atoms with van der Waals surface area (Å²) in [7, 11) is 0. The molecule has 0 saturated heterocycles. The van der Waals surface area contributed by atoms with Gasteiger partial charge in [-0.3, -0.25) is 4.79 Å². The van der Waals surface area contributed by atoms with E-state index in [4.69, 9.17) is 17.3 Å². The van der Waals surface area contributed by atoms with Gasteiger partial charge in [-0.15, -0.1) is 0 Å². The molecule has 4 N–H and O–H groups in total. The third kappa shape index (κ3) is 3.38. The van der Waals surface area contributed by atoms with E-state index < -0.39 is 0 Å². The first-order chi connectivity index (χ1) is 13.4. The molecule has 4 rings (SSSR count). The van der Waals surface area contributed by atoms with Gasteiger partial charge in [0.15, 0.2) is 11.5 Å². The summed E-state index contributed by atoms with van der Waals surface area (Å²) in [5.74, 6) is 0.306. The van der Waals surface area contributed by atoms with Crippen LogP contribution in [0.4, 0.5) is 5.82 Å². The average Bonchev–Trinajstić information content (AvgIpc) is 3.24. The number of aromatic nitrogens is 5. The fourth-order valence-electron chi connectivity index (χ4n) is 3.14. The molecule has 144 valence electrons. The van der Waals surface area contributed by atoms with E-state index in [-0.39, 0.29) is 11.8 Å². The van der Waals surface area contributed by atoms with Crippen LogP contribution in [0.1, 0.15) is 25.1 Å². The van der Waals surface area contributed by atoms with Gasteiger partial charge in [0.25, 0.3) is 0 Å². The lowest BCUT2D eigenvalue weighted by Crippen LogP contribution is -2.27. The minimum atomic E-state index is -0.0571. The number of anilines is 1. The van der Waals surface area contributed by atoms with Gasteiger partial charge >= 0.3 is 0 Å². The van der Waals surface area contributed by atoms with Crippen molar-refractivity contribution in [3.63, 3.8) is 0 Å². The summed E-state index contributed by atoms with van der Waals surface area (Å²) in [5.41, 5.74) is 9.97. The van der Waals surface area contributed by atoms with Gasteiger partial charge < -0.3 is 20.6 Å². The number of nitrogens with one attached hydrogen (secondary N) is 2. The number of imidazole rings is 1. The van der Waals surface area contributed by atoms with E-state index >= 15 is 0 Å². The molecule has 0 spiro atoms. The first-order valence-corrected chi connectivity index (χ1v) is 9.29. The lowest BCUT2D eigenvalue weighted by Gasteiger charge is -2.07. The standard InChI is InChI=1S/C19H20ClN7O/c1-10(2)19(28)22-6-14-5-11-3-13(20)4-12(15(11)26-14)7-27-9-25-16-17(21)23-8-24-18(16)27/h3-5,8-10,26H,6-7H2,1-2H3,(H,22,28)(H2,21,23,24). The number of hydrogen-bond donors (Lipinski definition) is 3. The molecule has 0 bridgehead atoms. The van der Waals surface area contributed by atoms with Crippen LogP contribution < -0.4 is 11.1 Å². The zero-order valence-corrected chi connectivity index (χ0v) is 16.3. The van der Waals surface area contributed by atoms with Crippen molar-refractivity contribution in [3.8, 4) is 0 Å². The number of benzene rings is 1. The van der Waals surface area contributed by atoms with Crippen LogP contribution in [0.3, 0.4) is 0 Å². The van der Waals surface area contributed by atoms with Crippen LogP contribution in [0, 0.1) is 5.92 Å². The second-order valence-corrected chi connectivity index (χ2v) is 7.44. The Morgan fingerprint density at radius 3 is 2.89 bits per heavy atom. The summed E-state index contributed by atoms with van der Waals surface area (Å²) in [6, 6.07) is 5.81. The van der Waals surface area contributed by atoms with E-state index in [0.29, 0.717) is 35.1 Å². The van der Waals surface area contributed by atoms with Crippen LogP contribution in [0.5, 0.6) is 0 Å². The molecule has 0 aliphatic heterocycles. The Bertz CT molecular complexity index is 1180. The lowest BCUT2D eigenvalue weighted by atomic mass is 10.1. The molecule has 0 saturated carbocycles. The lowest BCUT2D eigenvalue weighted by molar-refractivity contribution is -0.124. The number of aromatic amines is 1. The summed E-state index contributed by atoms with van der Waals surface area (Å²) in [6.45, 7) is 4.68. The molecule has 8 nitrogen and oxygen atoms in total. The number of nitrogens with two attached hydrogens (primary N) is 1. The summed E-state index contributed by atoms with van der Waals surface area (Å²) in [6.07, 6.45) is 3.11. The van der Waals surface area contributed by atoms with Gasteiger partial charge in [0, 0.05) is 22.0 Å². The van der Waals surface area contributed by atoms with Gasteiger partial charge in [-0.2, -0.15) is 0 Å². The van der Waals surface area contributed by atoms with Crippen LogP contribution in [0.15, 0.2) is 30.9 Å². The average molecular weight is 398 g/mol. The van der Waals surface area contributed by atoms with Crippen molar-refractivity contribution >= 4 is 45.4 Å². The Kier molecular flexibility index (Phi) is 4.64. The van der Waals surface area contributed by atoms with Gasteiger partial charge in [0.05, 0.1) is 24.9 Å². The number of hydrogen-bond acceptors (Lipinski definition) is 5. The maximum atomic E-state index is 11.8. The van der Waals surface area contributed by atoms with Gasteiger partial charge in [0.2, 0.25) is 5.91 Å². The van der Waals surface area contributed by atoms with E-state index in [9.17, 15) is 4.79 Å². The van der Waals surface area contributed by atoms with E-state index in [2.05, 4.69) is 25.3 Å². The van der Waals surface area contributed by atoms with E-state index in [1.807, 2.05) is 36.6 Å². The second kappa shape index (κ2) is 7.12. The largest absolute Gasteiger partial charge is 0.382 e. The summed E-state index contributed by atoms with van der Waals surface area (Å²) in [5, 5.41) is 4.54. The van der Waals surface area contributed by atoms with Crippen molar-refractivity contribution in [2.75, 3.05) is 5.73 Å². The van der Waals surface area contributed by atoms with Crippen molar-refractivity contribution < 1.29 is 4.79 Å². The molecular formula is C19H20ClN7O. The predicted octanol–water partition coefficient (Wildman–Crippen LogP) is 2.86. The maximum Gasteiger partial charge on any atom is 0.222 e. The van der Waals surface area contributed by atoms with Crippen molar-refractivity contribution in [1.82, 2.24) is 29.8 Å². The zero-order chi connectivity index (χ0) is 19.8. The molecule has 0 unspecified atom stereocenters. The number of carbonyl (C=O) groups is 1. The summed E-state index contributed by atoms with van der Waals surface area (Å²) in [4.78, 5) is 27.8. The van der Waals surface area contributed by atoms with E-state index in [1.54, 1.807) is 6.33 Å². The minimum Gasteiger partial charge on any atom is -0.382 e. The van der Waals surface area contributed by atoms with Crippen molar-refractivity contribution in [1.29, 1.82) is 0 Å². The Balaban J connectivity index is 1.68. The first-order valence-electron chi connectivity index (χ1n) is 8.91. The quantitative estimate of drug-likeness (QED) is 0.479. The maximum absolute atomic E-state index is 11.8. The van der Waals surface area contributed by atoms with E-state index in [0.717, 1.165) is 22.2 Å². The molecule has 0 aliphatic carbocycles. The fraction of sp³-hybridized carbons (Fsp3) is 0.263. The normalized spacial score (nSPS) is 11.6. The summed E-state index contributed by atoms with van der Waals surface area (Å²) < 4.78 is 1.90. The molecule has 0 atom stereocenters. The molecule has 1 aromatic carbocycles. The van der Waals surface area contributed by atoms with Gasteiger partial charge in [-0.1, -0.05) is 25.4 Å².